The lowest BCUT2D eigenvalue weighted by Gasteiger charge is -2.26. The van der Waals surface area contributed by atoms with Gasteiger partial charge in [0.15, 0.2) is 0 Å². The van der Waals surface area contributed by atoms with E-state index in [1.54, 1.807) is 18.7 Å². The lowest BCUT2D eigenvalue weighted by Crippen LogP contribution is -2.52. The third kappa shape index (κ3) is 3.75. The van der Waals surface area contributed by atoms with Crippen LogP contribution in [-0.2, 0) is 20.1 Å². The van der Waals surface area contributed by atoms with Crippen molar-refractivity contribution in [2.45, 2.75) is 52.6 Å². The van der Waals surface area contributed by atoms with Crippen LogP contribution in [0.25, 0.3) is 11.2 Å². The number of hydrogen-bond donors (Lipinski definition) is 1. The number of methoxy groups -OCH3 is 1. The SMILES string of the molecule is CCCCCCn1c(=O)c2c([nH]c3[n+]2C[C@@H](C)CN3c2ccc(OC)cc2)n(C)c1=O. The monoisotopic (exact) mass is 426 g/mol. The fourth-order valence-corrected chi connectivity index (χ4v) is 4.46. The highest BCUT2D eigenvalue weighted by molar-refractivity contribution is 5.70. The summed E-state index contributed by atoms with van der Waals surface area (Å²) in [6.07, 6.45) is 4.08. The van der Waals surface area contributed by atoms with Gasteiger partial charge in [-0.15, -0.1) is 0 Å². The van der Waals surface area contributed by atoms with Gasteiger partial charge in [0.1, 0.15) is 11.4 Å². The van der Waals surface area contributed by atoms with Crippen LogP contribution in [0.5, 0.6) is 5.75 Å². The minimum absolute atomic E-state index is 0.208. The van der Waals surface area contributed by atoms with E-state index in [0.717, 1.165) is 56.2 Å². The van der Waals surface area contributed by atoms with Crippen molar-refractivity contribution in [3.05, 3.63) is 45.1 Å². The van der Waals surface area contributed by atoms with E-state index in [9.17, 15) is 9.59 Å². The highest BCUT2D eigenvalue weighted by atomic mass is 16.5. The van der Waals surface area contributed by atoms with E-state index in [0.29, 0.717) is 23.6 Å². The zero-order valence-electron chi connectivity index (χ0n) is 18.9. The number of aromatic amines is 1. The molecule has 1 N–H and O–H groups in total. The number of nitrogens with zero attached hydrogens (tertiary/aromatic N) is 4. The Bertz CT molecular complexity index is 1190. The number of ether oxygens (including phenoxy) is 1. The Hall–Kier alpha value is -3.03. The van der Waals surface area contributed by atoms with E-state index in [2.05, 4.69) is 23.7 Å². The van der Waals surface area contributed by atoms with Gasteiger partial charge in [0.2, 0.25) is 11.2 Å². The predicted molar refractivity (Wildman–Crippen MR) is 121 cm³/mol. The first-order valence-corrected chi connectivity index (χ1v) is 11.1. The van der Waals surface area contributed by atoms with Gasteiger partial charge >= 0.3 is 11.6 Å². The van der Waals surface area contributed by atoms with E-state index in [4.69, 9.17) is 4.74 Å². The first kappa shape index (κ1) is 21.2. The van der Waals surface area contributed by atoms with Crippen molar-refractivity contribution in [1.29, 1.82) is 0 Å². The summed E-state index contributed by atoms with van der Waals surface area (Å²) < 4.78 is 10.3. The molecule has 1 aliphatic rings. The second-order valence-corrected chi connectivity index (χ2v) is 8.53. The van der Waals surface area contributed by atoms with Crippen LogP contribution < -0.4 is 25.5 Å². The van der Waals surface area contributed by atoms with Crippen LogP contribution in [0.2, 0.25) is 0 Å². The predicted octanol–water partition coefficient (Wildman–Crippen LogP) is 2.69. The number of imidazole rings is 1. The van der Waals surface area contributed by atoms with Gasteiger partial charge in [0.25, 0.3) is 5.56 Å². The number of H-pyrrole nitrogens is 1. The molecule has 8 nitrogen and oxygen atoms in total. The Morgan fingerprint density at radius 1 is 1.16 bits per heavy atom. The van der Waals surface area contributed by atoms with Gasteiger partial charge in [0.05, 0.1) is 20.2 Å². The molecule has 0 bridgehead atoms. The van der Waals surface area contributed by atoms with Crippen LogP contribution in [0.4, 0.5) is 11.6 Å². The smallest absolute Gasteiger partial charge is 0.364 e. The molecule has 3 heterocycles. The highest BCUT2D eigenvalue weighted by Crippen LogP contribution is 2.29. The number of fused-ring (bicyclic) bond motifs is 3. The topological polar surface area (TPSA) is 76.1 Å². The Morgan fingerprint density at radius 3 is 2.58 bits per heavy atom. The van der Waals surface area contributed by atoms with Crippen molar-refractivity contribution < 1.29 is 9.30 Å². The Balaban J connectivity index is 1.83. The molecular weight excluding hydrogens is 394 g/mol. The molecular formula is C23H32N5O3+. The second-order valence-electron chi connectivity index (χ2n) is 8.53. The first-order chi connectivity index (χ1) is 15.0. The summed E-state index contributed by atoms with van der Waals surface area (Å²) in [6, 6.07) is 7.89. The number of aryl methyl sites for hydroxylation is 1. The molecule has 166 valence electrons. The summed E-state index contributed by atoms with van der Waals surface area (Å²) in [7, 11) is 3.38. The van der Waals surface area contributed by atoms with E-state index in [1.165, 1.54) is 4.57 Å². The summed E-state index contributed by atoms with van der Waals surface area (Å²) >= 11 is 0. The molecule has 0 radical (unpaired) electrons. The van der Waals surface area contributed by atoms with E-state index in [-0.39, 0.29) is 11.2 Å². The number of nitrogens with one attached hydrogen (secondary N) is 1. The number of unbranched alkanes of at least 4 members (excludes halogenated alkanes) is 3. The maximum Gasteiger partial charge on any atom is 0.364 e. The van der Waals surface area contributed by atoms with Crippen molar-refractivity contribution in [1.82, 2.24) is 14.1 Å². The van der Waals surface area contributed by atoms with Gasteiger partial charge in [-0.25, -0.2) is 19.2 Å². The van der Waals surface area contributed by atoms with Crippen LogP contribution in [0.15, 0.2) is 33.9 Å². The van der Waals surface area contributed by atoms with Crippen molar-refractivity contribution in [3.63, 3.8) is 0 Å². The van der Waals surface area contributed by atoms with E-state index < -0.39 is 0 Å². The lowest BCUT2D eigenvalue weighted by molar-refractivity contribution is -0.669. The first-order valence-electron chi connectivity index (χ1n) is 11.1. The molecule has 2 aromatic heterocycles. The van der Waals surface area contributed by atoms with Crippen molar-refractivity contribution in [2.75, 3.05) is 18.6 Å². The molecule has 0 fully saturated rings. The summed E-state index contributed by atoms with van der Waals surface area (Å²) in [6.45, 7) is 6.33. The number of anilines is 2. The van der Waals surface area contributed by atoms with Crippen molar-refractivity contribution >= 4 is 22.8 Å². The van der Waals surface area contributed by atoms with Gasteiger partial charge in [-0.2, -0.15) is 0 Å². The van der Waals surface area contributed by atoms with Crippen LogP contribution in [-0.4, -0.2) is 27.8 Å². The van der Waals surface area contributed by atoms with Crippen LogP contribution in [0.1, 0.15) is 39.5 Å². The van der Waals surface area contributed by atoms with E-state index in [1.807, 2.05) is 28.8 Å². The molecule has 0 spiro atoms. The second kappa shape index (κ2) is 8.61. The molecule has 0 unspecified atom stereocenters. The summed E-state index contributed by atoms with van der Waals surface area (Å²) in [4.78, 5) is 31.9. The molecule has 1 aromatic carbocycles. The van der Waals surface area contributed by atoms with Crippen LogP contribution in [0, 0.1) is 5.92 Å². The zero-order chi connectivity index (χ0) is 22.1. The fourth-order valence-electron chi connectivity index (χ4n) is 4.46. The van der Waals surface area contributed by atoms with Gasteiger partial charge in [-0.1, -0.05) is 33.1 Å². The van der Waals surface area contributed by atoms with Crippen molar-refractivity contribution in [3.8, 4) is 5.75 Å². The number of aromatic nitrogens is 4. The Labute approximate surface area is 181 Å². The number of rotatable bonds is 7. The average molecular weight is 427 g/mol. The molecule has 0 saturated heterocycles. The van der Waals surface area contributed by atoms with Crippen LogP contribution in [0.3, 0.4) is 0 Å². The van der Waals surface area contributed by atoms with Gasteiger partial charge < -0.3 is 4.74 Å². The third-order valence-corrected chi connectivity index (χ3v) is 6.14. The molecule has 0 saturated carbocycles. The summed E-state index contributed by atoms with van der Waals surface area (Å²) in [5, 5.41) is 0. The zero-order valence-corrected chi connectivity index (χ0v) is 18.9. The quantitative estimate of drug-likeness (QED) is 0.466. The molecule has 8 heteroatoms. The summed E-state index contributed by atoms with van der Waals surface area (Å²) in [5.74, 6) is 1.97. The van der Waals surface area contributed by atoms with Gasteiger partial charge in [0, 0.05) is 19.5 Å². The molecule has 1 atom stereocenters. The Kier molecular flexibility index (Phi) is 5.89. The average Bonchev–Trinajstić information content (AvgIpc) is 3.16. The lowest BCUT2D eigenvalue weighted by atomic mass is 10.1. The Morgan fingerprint density at radius 2 is 1.90 bits per heavy atom. The molecule has 31 heavy (non-hydrogen) atoms. The third-order valence-electron chi connectivity index (χ3n) is 6.14. The van der Waals surface area contributed by atoms with Gasteiger partial charge in [-0.05, 0) is 30.7 Å². The van der Waals surface area contributed by atoms with Crippen molar-refractivity contribution in [2.24, 2.45) is 13.0 Å². The van der Waals surface area contributed by atoms with Gasteiger partial charge in [-0.3, -0.25) is 13.9 Å². The maximum atomic E-state index is 13.4. The molecule has 4 rings (SSSR count). The molecule has 1 aliphatic heterocycles. The number of hydrogen-bond acceptors (Lipinski definition) is 4. The number of benzene rings is 1. The van der Waals surface area contributed by atoms with Crippen LogP contribution >= 0.6 is 0 Å². The molecule has 0 amide bonds. The standard InChI is InChI=1S/C23H31N5O3/c1-5-6-7-8-13-26-21(29)19-20(25(3)23(26)30)24-22-27(14-16(2)15-28(19)22)17-9-11-18(31-4)12-10-17/h9-12,16H,5-8,13-15H2,1-4H3/p+1/t16-/m0/s1. The molecule has 3 aromatic rings. The fraction of sp³-hybridized carbons (Fsp3) is 0.522. The minimum atomic E-state index is -0.266. The maximum absolute atomic E-state index is 13.4. The highest BCUT2D eigenvalue weighted by Gasteiger charge is 2.35. The molecule has 0 aliphatic carbocycles. The largest absolute Gasteiger partial charge is 0.497 e. The summed E-state index contributed by atoms with van der Waals surface area (Å²) in [5.41, 5.74) is 1.68. The minimum Gasteiger partial charge on any atom is -0.497 e. The normalized spacial score (nSPS) is 16.0. The van der Waals surface area contributed by atoms with E-state index >= 15 is 0 Å².